The van der Waals surface area contributed by atoms with Crippen molar-refractivity contribution in [2.24, 2.45) is 5.92 Å². The van der Waals surface area contributed by atoms with Gasteiger partial charge in [0.05, 0.1) is 20.3 Å². The molecule has 1 heterocycles. The van der Waals surface area contributed by atoms with E-state index in [-0.39, 0.29) is 29.6 Å². The molecule has 0 spiro atoms. The molecule has 1 saturated carbocycles. The third-order valence-electron chi connectivity index (χ3n) is 6.85. The van der Waals surface area contributed by atoms with Crippen molar-refractivity contribution < 1.29 is 23.5 Å². The molecule has 2 aliphatic rings. The van der Waals surface area contributed by atoms with Gasteiger partial charge < -0.3 is 19.7 Å². The average Bonchev–Trinajstić information content (AvgIpc) is 3.39. The van der Waals surface area contributed by atoms with Crippen LogP contribution in [-0.2, 0) is 4.79 Å². The fourth-order valence-electron chi connectivity index (χ4n) is 5.06. The van der Waals surface area contributed by atoms with Crippen LogP contribution in [-0.4, -0.2) is 68.1 Å². The Balaban J connectivity index is 1.43. The molecule has 1 aliphatic carbocycles. The van der Waals surface area contributed by atoms with Crippen molar-refractivity contribution in [1.29, 1.82) is 0 Å². The van der Waals surface area contributed by atoms with Gasteiger partial charge in [-0.1, -0.05) is 12.8 Å². The number of hydrogen-bond donors (Lipinski definition) is 1. The fourth-order valence-corrected chi connectivity index (χ4v) is 5.06. The first-order chi connectivity index (χ1) is 16.5. The van der Waals surface area contributed by atoms with Crippen LogP contribution in [0.25, 0.3) is 0 Å². The molecule has 2 aromatic carbocycles. The first-order valence-corrected chi connectivity index (χ1v) is 11.8. The number of carbonyl (C=O) groups excluding carboxylic acids is 2. The van der Waals surface area contributed by atoms with E-state index >= 15 is 0 Å². The van der Waals surface area contributed by atoms with Gasteiger partial charge in [-0.2, -0.15) is 0 Å². The van der Waals surface area contributed by atoms with Crippen LogP contribution in [0.1, 0.15) is 36.0 Å². The highest BCUT2D eigenvalue weighted by Gasteiger charge is 2.37. The van der Waals surface area contributed by atoms with Crippen molar-refractivity contribution in [2.45, 2.75) is 31.7 Å². The lowest BCUT2D eigenvalue weighted by Gasteiger charge is -2.40. The van der Waals surface area contributed by atoms with Gasteiger partial charge in [0.25, 0.3) is 5.91 Å². The lowest BCUT2D eigenvalue weighted by atomic mass is 9.94. The predicted octanol–water partition coefficient (Wildman–Crippen LogP) is 3.80. The summed E-state index contributed by atoms with van der Waals surface area (Å²) in [5, 5.41) is 2.97. The minimum Gasteiger partial charge on any atom is -0.493 e. The summed E-state index contributed by atoms with van der Waals surface area (Å²) in [7, 11) is 3.11. The van der Waals surface area contributed by atoms with Crippen LogP contribution < -0.4 is 14.8 Å². The Morgan fingerprint density at radius 3 is 2.21 bits per heavy atom. The van der Waals surface area contributed by atoms with Gasteiger partial charge in [0, 0.05) is 37.4 Å². The number of carbonyl (C=O) groups is 2. The maximum absolute atomic E-state index is 13.3. The summed E-state index contributed by atoms with van der Waals surface area (Å²) in [4.78, 5) is 30.4. The fraction of sp³-hybridized carbons (Fsp3) is 0.462. The highest BCUT2D eigenvalue weighted by molar-refractivity contribution is 5.96. The number of benzene rings is 2. The summed E-state index contributed by atoms with van der Waals surface area (Å²) in [6, 6.07) is 10.8. The van der Waals surface area contributed by atoms with Crippen LogP contribution in [0.15, 0.2) is 42.5 Å². The van der Waals surface area contributed by atoms with Gasteiger partial charge in [-0.3, -0.25) is 14.5 Å². The van der Waals surface area contributed by atoms with Crippen molar-refractivity contribution in [3.8, 4) is 11.5 Å². The molecule has 2 amide bonds. The minimum atomic E-state index is -0.333. The number of nitrogens with one attached hydrogen (secondary N) is 1. The number of anilines is 1. The summed E-state index contributed by atoms with van der Waals surface area (Å²) >= 11 is 0. The van der Waals surface area contributed by atoms with E-state index in [4.69, 9.17) is 9.47 Å². The van der Waals surface area contributed by atoms with E-state index in [0.717, 1.165) is 25.7 Å². The molecular formula is C26H32FN3O4. The molecule has 4 rings (SSSR count). The Morgan fingerprint density at radius 1 is 0.941 bits per heavy atom. The Kier molecular flexibility index (Phi) is 7.67. The van der Waals surface area contributed by atoms with Gasteiger partial charge in [-0.15, -0.1) is 0 Å². The van der Waals surface area contributed by atoms with Crippen molar-refractivity contribution in [3.63, 3.8) is 0 Å². The normalized spacial score (nSPS) is 17.9. The van der Waals surface area contributed by atoms with Crippen LogP contribution in [0.5, 0.6) is 11.5 Å². The van der Waals surface area contributed by atoms with E-state index in [1.165, 1.54) is 12.1 Å². The number of ether oxygens (including phenoxy) is 2. The van der Waals surface area contributed by atoms with Crippen molar-refractivity contribution >= 4 is 17.5 Å². The Bertz CT molecular complexity index is 1000. The molecule has 7 nitrogen and oxygen atoms in total. The van der Waals surface area contributed by atoms with Gasteiger partial charge in [-0.25, -0.2) is 4.39 Å². The number of rotatable bonds is 7. The van der Waals surface area contributed by atoms with Gasteiger partial charge in [-0.05, 0) is 61.2 Å². The topological polar surface area (TPSA) is 71.1 Å². The van der Waals surface area contributed by atoms with Crippen LogP contribution in [0, 0.1) is 11.7 Å². The summed E-state index contributed by atoms with van der Waals surface area (Å²) in [6.07, 6.45) is 4.30. The van der Waals surface area contributed by atoms with Crippen molar-refractivity contribution in [2.75, 3.05) is 45.7 Å². The maximum atomic E-state index is 13.3. The zero-order valence-electron chi connectivity index (χ0n) is 19.8. The number of piperazine rings is 1. The summed E-state index contributed by atoms with van der Waals surface area (Å²) < 4.78 is 23.9. The largest absolute Gasteiger partial charge is 0.493 e. The second-order valence-corrected chi connectivity index (χ2v) is 8.88. The van der Waals surface area contributed by atoms with E-state index < -0.39 is 0 Å². The number of methoxy groups -OCH3 is 2. The smallest absolute Gasteiger partial charge is 0.254 e. The van der Waals surface area contributed by atoms with Crippen LogP contribution >= 0.6 is 0 Å². The molecule has 1 saturated heterocycles. The molecule has 1 unspecified atom stereocenters. The van der Waals surface area contributed by atoms with E-state index in [9.17, 15) is 14.0 Å². The quantitative estimate of drug-likeness (QED) is 0.668. The molecule has 1 aliphatic heterocycles. The number of halogens is 1. The van der Waals surface area contributed by atoms with Gasteiger partial charge >= 0.3 is 0 Å². The molecule has 0 aromatic heterocycles. The monoisotopic (exact) mass is 469 g/mol. The number of amides is 2. The molecule has 34 heavy (non-hydrogen) atoms. The minimum absolute atomic E-state index is 0.0572. The van der Waals surface area contributed by atoms with E-state index in [0.29, 0.717) is 48.9 Å². The lowest BCUT2D eigenvalue weighted by molar-refractivity contribution is -0.123. The summed E-state index contributed by atoms with van der Waals surface area (Å²) in [5.74, 6) is 0.933. The molecule has 182 valence electrons. The second kappa shape index (κ2) is 10.9. The van der Waals surface area contributed by atoms with E-state index in [2.05, 4.69) is 10.2 Å². The Morgan fingerprint density at radius 2 is 1.59 bits per heavy atom. The van der Waals surface area contributed by atoms with Crippen LogP contribution in [0.2, 0.25) is 0 Å². The summed E-state index contributed by atoms with van der Waals surface area (Å²) in [5.41, 5.74) is 1.14. The maximum Gasteiger partial charge on any atom is 0.254 e. The highest BCUT2D eigenvalue weighted by atomic mass is 19.1. The molecule has 1 N–H and O–H groups in total. The van der Waals surface area contributed by atoms with E-state index in [1.54, 1.807) is 44.6 Å². The first kappa shape index (κ1) is 24.0. The predicted molar refractivity (Wildman–Crippen MR) is 128 cm³/mol. The average molecular weight is 470 g/mol. The van der Waals surface area contributed by atoms with Crippen molar-refractivity contribution in [1.82, 2.24) is 9.80 Å². The van der Waals surface area contributed by atoms with Crippen molar-refractivity contribution in [3.05, 3.63) is 53.8 Å². The zero-order chi connectivity index (χ0) is 24.1. The second-order valence-electron chi connectivity index (χ2n) is 8.88. The molecular weight excluding hydrogens is 437 g/mol. The highest BCUT2D eigenvalue weighted by Crippen LogP contribution is 2.32. The van der Waals surface area contributed by atoms with Crippen LogP contribution in [0.4, 0.5) is 10.1 Å². The molecule has 2 aromatic rings. The molecule has 0 radical (unpaired) electrons. The number of hydrogen-bond acceptors (Lipinski definition) is 5. The SMILES string of the molecule is COc1ccc(C(=O)N2CCN(C(C(=O)Nc3ccc(F)cc3)C3CCCC3)CC2)cc1OC. The van der Waals surface area contributed by atoms with E-state index in [1.807, 2.05) is 4.90 Å². The van der Waals surface area contributed by atoms with Gasteiger partial charge in [0.15, 0.2) is 11.5 Å². The van der Waals surface area contributed by atoms with Gasteiger partial charge in [0.2, 0.25) is 5.91 Å². The molecule has 8 heteroatoms. The third kappa shape index (κ3) is 5.33. The van der Waals surface area contributed by atoms with Crippen LogP contribution in [0.3, 0.4) is 0 Å². The molecule has 1 atom stereocenters. The van der Waals surface area contributed by atoms with Gasteiger partial charge in [0.1, 0.15) is 5.82 Å². The first-order valence-electron chi connectivity index (χ1n) is 11.8. The lowest BCUT2D eigenvalue weighted by Crippen LogP contribution is -2.56. The molecule has 0 bridgehead atoms. The third-order valence-corrected chi connectivity index (χ3v) is 6.85. The number of nitrogens with zero attached hydrogens (tertiary/aromatic N) is 2. The zero-order valence-corrected chi connectivity index (χ0v) is 19.8. The Hall–Kier alpha value is -3.13. The standard InChI is InChI=1S/C26H32FN3O4/c1-33-22-12-7-19(17-23(22)34-2)26(32)30-15-13-29(14-16-30)24(18-5-3-4-6-18)25(31)28-21-10-8-20(27)9-11-21/h7-12,17-18,24H,3-6,13-16H2,1-2H3,(H,28,31). The Labute approximate surface area is 199 Å². The summed E-state index contributed by atoms with van der Waals surface area (Å²) in [6.45, 7) is 2.33. The molecule has 2 fully saturated rings.